The number of ether oxygens (including phenoxy) is 1. The van der Waals surface area contributed by atoms with Crippen LogP contribution in [0.15, 0.2) is 18.5 Å². The van der Waals surface area contributed by atoms with Gasteiger partial charge in [-0.25, -0.2) is 0 Å². The number of hydrogen-bond donors (Lipinski definition) is 1. The first kappa shape index (κ1) is 14.8. The first-order valence-electron chi connectivity index (χ1n) is 4.31. The topological polar surface area (TPSA) is 34.1 Å². The summed E-state index contributed by atoms with van der Waals surface area (Å²) in [4.78, 5) is 3.93. The number of halogens is 3. The van der Waals surface area contributed by atoms with Crippen LogP contribution in [0.3, 0.4) is 0 Å². The third kappa shape index (κ3) is 4.43. The Labute approximate surface area is 106 Å². The van der Waals surface area contributed by atoms with E-state index in [0.29, 0.717) is 17.7 Å². The summed E-state index contributed by atoms with van der Waals surface area (Å²) in [5.74, 6) is 0.737. The minimum Gasteiger partial charge on any atom is -0.490 e. The van der Waals surface area contributed by atoms with Gasteiger partial charge in [0.2, 0.25) is 0 Å². The van der Waals surface area contributed by atoms with Gasteiger partial charge >= 0.3 is 0 Å². The standard InChI is InChI=1S/C9H11ClN2O.2ClH/c10-7-3-9(5-11-4-7)13-6-8-1-2-12-8;;/h3-5,8,12H,1-2,6H2;2*1H/t8-;;/m0../s1. The smallest absolute Gasteiger partial charge is 0.139 e. The Balaban J connectivity index is 0.000000980. The summed E-state index contributed by atoms with van der Waals surface area (Å²) < 4.78 is 5.48. The molecule has 1 N–H and O–H groups in total. The molecule has 0 aliphatic carbocycles. The van der Waals surface area contributed by atoms with Gasteiger partial charge in [0.15, 0.2) is 0 Å². The van der Waals surface area contributed by atoms with Crippen LogP contribution in [0.2, 0.25) is 5.02 Å². The van der Waals surface area contributed by atoms with Crippen LogP contribution in [0.25, 0.3) is 0 Å². The Morgan fingerprint density at radius 1 is 1.47 bits per heavy atom. The average molecular weight is 272 g/mol. The van der Waals surface area contributed by atoms with Gasteiger partial charge in [-0.2, -0.15) is 0 Å². The van der Waals surface area contributed by atoms with Gasteiger partial charge in [-0.1, -0.05) is 11.6 Å². The van der Waals surface area contributed by atoms with E-state index < -0.39 is 0 Å². The largest absolute Gasteiger partial charge is 0.490 e. The summed E-state index contributed by atoms with van der Waals surface area (Å²) in [5.41, 5.74) is 0. The molecule has 1 aromatic heterocycles. The molecule has 15 heavy (non-hydrogen) atoms. The second kappa shape index (κ2) is 7.12. The average Bonchev–Trinajstić information content (AvgIpc) is 2.01. The zero-order valence-corrected chi connectivity index (χ0v) is 10.4. The van der Waals surface area contributed by atoms with Gasteiger partial charge in [0.1, 0.15) is 12.4 Å². The Morgan fingerprint density at radius 2 is 2.20 bits per heavy atom. The van der Waals surface area contributed by atoms with E-state index in [0.717, 1.165) is 12.3 Å². The molecule has 0 spiro atoms. The SMILES string of the molecule is Cl.Cl.Clc1cncc(OC[C@@H]2CCN2)c1. The summed E-state index contributed by atoms with van der Waals surface area (Å²) >= 11 is 5.75. The predicted octanol–water partition coefficient (Wildman–Crippen LogP) is 2.32. The second-order valence-electron chi connectivity index (χ2n) is 3.09. The molecule has 0 aromatic carbocycles. The fourth-order valence-corrected chi connectivity index (χ4v) is 1.32. The summed E-state index contributed by atoms with van der Waals surface area (Å²) in [6.07, 6.45) is 4.45. The molecule has 0 bridgehead atoms. The molecule has 1 aliphatic heterocycles. The van der Waals surface area contributed by atoms with Crippen LogP contribution in [-0.2, 0) is 0 Å². The molecule has 0 saturated carbocycles. The molecule has 3 nitrogen and oxygen atoms in total. The van der Waals surface area contributed by atoms with Crippen molar-refractivity contribution >= 4 is 36.4 Å². The molecule has 0 radical (unpaired) electrons. The van der Waals surface area contributed by atoms with E-state index in [9.17, 15) is 0 Å². The van der Waals surface area contributed by atoms with Crippen molar-refractivity contribution < 1.29 is 4.74 Å². The molecule has 1 saturated heterocycles. The van der Waals surface area contributed by atoms with E-state index >= 15 is 0 Å². The third-order valence-electron chi connectivity index (χ3n) is 2.06. The second-order valence-corrected chi connectivity index (χ2v) is 3.53. The number of nitrogens with one attached hydrogen (secondary N) is 1. The van der Waals surface area contributed by atoms with Crippen LogP contribution in [0, 0.1) is 0 Å². The van der Waals surface area contributed by atoms with E-state index in [4.69, 9.17) is 16.3 Å². The fraction of sp³-hybridized carbons (Fsp3) is 0.444. The highest BCUT2D eigenvalue weighted by Crippen LogP contribution is 2.15. The highest BCUT2D eigenvalue weighted by Gasteiger charge is 2.16. The predicted molar refractivity (Wildman–Crippen MR) is 65.6 cm³/mol. The van der Waals surface area contributed by atoms with Crippen LogP contribution in [0.1, 0.15) is 6.42 Å². The maximum absolute atomic E-state index is 5.75. The van der Waals surface area contributed by atoms with Crippen molar-refractivity contribution in [3.05, 3.63) is 23.5 Å². The lowest BCUT2D eigenvalue weighted by Crippen LogP contribution is -2.46. The van der Waals surface area contributed by atoms with Crippen molar-refractivity contribution in [1.82, 2.24) is 10.3 Å². The molecular weight excluding hydrogens is 258 g/mol. The Kier molecular flexibility index (Phi) is 7.02. The van der Waals surface area contributed by atoms with Crippen LogP contribution in [-0.4, -0.2) is 24.2 Å². The van der Waals surface area contributed by atoms with E-state index in [1.807, 2.05) is 0 Å². The first-order valence-corrected chi connectivity index (χ1v) is 4.69. The molecule has 1 aliphatic rings. The number of aromatic nitrogens is 1. The summed E-state index contributed by atoms with van der Waals surface area (Å²) in [6.45, 7) is 1.80. The first-order chi connectivity index (χ1) is 6.34. The quantitative estimate of drug-likeness (QED) is 0.916. The van der Waals surface area contributed by atoms with Crippen molar-refractivity contribution in [3.63, 3.8) is 0 Å². The lowest BCUT2D eigenvalue weighted by molar-refractivity contribution is 0.217. The Hall–Kier alpha value is -0.220. The molecule has 0 amide bonds. The molecule has 0 unspecified atom stereocenters. The molecule has 2 rings (SSSR count). The molecule has 2 heterocycles. The van der Waals surface area contributed by atoms with Gasteiger partial charge in [0.05, 0.1) is 11.2 Å². The van der Waals surface area contributed by atoms with Crippen molar-refractivity contribution in [2.24, 2.45) is 0 Å². The molecule has 1 fully saturated rings. The Bertz CT molecular complexity index is 294. The van der Waals surface area contributed by atoms with Crippen molar-refractivity contribution in [1.29, 1.82) is 0 Å². The van der Waals surface area contributed by atoms with Gasteiger partial charge in [0, 0.05) is 18.3 Å². The zero-order valence-electron chi connectivity index (χ0n) is 7.98. The van der Waals surface area contributed by atoms with E-state index in [-0.39, 0.29) is 24.8 Å². The van der Waals surface area contributed by atoms with Gasteiger partial charge in [-0.15, -0.1) is 24.8 Å². The van der Waals surface area contributed by atoms with Gasteiger partial charge in [0.25, 0.3) is 0 Å². The lowest BCUT2D eigenvalue weighted by atomic mass is 10.1. The highest BCUT2D eigenvalue weighted by molar-refractivity contribution is 6.30. The van der Waals surface area contributed by atoms with Crippen LogP contribution >= 0.6 is 36.4 Å². The monoisotopic (exact) mass is 270 g/mol. The number of hydrogen-bond acceptors (Lipinski definition) is 3. The maximum Gasteiger partial charge on any atom is 0.139 e. The number of rotatable bonds is 3. The molecule has 86 valence electrons. The molecule has 1 atom stereocenters. The van der Waals surface area contributed by atoms with E-state index in [1.54, 1.807) is 18.5 Å². The van der Waals surface area contributed by atoms with Crippen molar-refractivity contribution in [2.75, 3.05) is 13.2 Å². The molecule has 1 aromatic rings. The van der Waals surface area contributed by atoms with Crippen molar-refractivity contribution in [3.8, 4) is 5.75 Å². The summed E-state index contributed by atoms with van der Waals surface area (Å²) in [7, 11) is 0. The normalized spacial score (nSPS) is 18.1. The van der Waals surface area contributed by atoms with Crippen molar-refractivity contribution in [2.45, 2.75) is 12.5 Å². The van der Waals surface area contributed by atoms with Crippen LogP contribution in [0.4, 0.5) is 0 Å². The van der Waals surface area contributed by atoms with Crippen LogP contribution in [0.5, 0.6) is 5.75 Å². The minimum atomic E-state index is 0. The molecule has 6 heteroatoms. The highest BCUT2D eigenvalue weighted by atomic mass is 35.5. The minimum absolute atomic E-state index is 0. The van der Waals surface area contributed by atoms with E-state index in [2.05, 4.69) is 10.3 Å². The lowest BCUT2D eigenvalue weighted by Gasteiger charge is -2.27. The number of nitrogens with zero attached hydrogens (tertiary/aromatic N) is 1. The van der Waals surface area contributed by atoms with Gasteiger partial charge in [-0.05, 0) is 13.0 Å². The van der Waals surface area contributed by atoms with Crippen LogP contribution < -0.4 is 10.1 Å². The Morgan fingerprint density at radius 3 is 2.73 bits per heavy atom. The van der Waals surface area contributed by atoms with Gasteiger partial charge in [-0.3, -0.25) is 4.98 Å². The van der Waals surface area contributed by atoms with Gasteiger partial charge < -0.3 is 10.1 Å². The summed E-state index contributed by atoms with van der Waals surface area (Å²) in [6, 6.07) is 2.27. The molecular formula is C9H13Cl3N2O. The maximum atomic E-state index is 5.75. The summed E-state index contributed by atoms with van der Waals surface area (Å²) in [5, 5.41) is 3.86. The third-order valence-corrected chi connectivity index (χ3v) is 2.26. The van der Waals surface area contributed by atoms with E-state index in [1.165, 1.54) is 6.42 Å². The number of pyridine rings is 1. The zero-order chi connectivity index (χ0) is 9.10. The fourth-order valence-electron chi connectivity index (χ4n) is 1.16.